The number of rotatable bonds is 1. The van der Waals surface area contributed by atoms with Crippen molar-refractivity contribution < 1.29 is 5.11 Å². The summed E-state index contributed by atoms with van der Waals surface area (Å²) in [7, 11) is 0. The smallest absolute Gasteiger partial charge is 0.0899 e. The number of benzene rings is 1. The zero-order valence-electron chi connectivity index (χ0n) is 6.55. The summed E-state index contributed by atoms with van der Waals surface area (Å²) >= 11 is 5.74. The third kappa shape index (κ3) is 1.17. The second kappa shape index (κ2) is 2.38. The number of halogens is 1. The average molecular weight is 184 g/mol. The van der Waals surface area contributed by atoms with Crippen molar-refractivity contribution in [2.24, 2.45) is 0 Å². The molecule has 3 heteroatoms. The second-order valence-corrected chi connectivity index (χ2v) is 3.68. The predicted octanol–water partition coefficient (Wildman–Crippen LogP) is 1.90. The van der Waals surface area contributed by atoms with Gasteiger partial charge in [-0.3, -0.25) is 0 Å². The molecule has 3 N–H and O–H groups in total. The fraction of sp³-hybridized carbons (Fsp3) is 0.333. The number of aliphatic hydroxyl groups is 1. The highest BCUT2D eigenvalue weighted by Crippen LogP contribution is 2.46. The van der Waals surface area contributed by atoms with Crippen LogP contribution in [-0.4, -0.2) is 5.11 Å². The van der Waals surface area contributed by atoms with Gasteiger partial charge in [0.05, 0.1) is 16.3 Å². The van der Waals surface area contributed by atoms with E-state index in [1.165, 1.54) is 0 Å². The van der Waals surface area contributed by atoms with Crippen LogP contribution in [0.3, 0.4) is 0 Å². The van der Waals surface area contributed by atoms with Crippen molar-refractivity contribution >= 4 is 17.3 Å². The first kappa shape index (κ1) is 7.90. The third-order valence-corrected chi connectivity index (χ3v) is 2.60. The van der Waals surface area contributed by atoms with Crippen molar-refractivity contribution in [2.45, 2.75) is 18.4 Å². The Hall–Kier alpha value is -0.730. The topological polar surface area (TPSA) is 46.2 Å². The fourth-order valence-electron chi connectivity index (χ4n) is 1.24. The third-order valence-electron chi connectivity index (χ3n) is 2.26. The lowest BCUT2D eigenvalue weighted by atomic mass is 10.1. The molecule has 0 spiro atoms. The summed E-state index contributed by atoms with van der Waals surface area (Å²) in [6.45, 7) is 0. The summed E-state index contributed by atoms with van der Waals surface area (Å²) < 4.78 is 0. The van der Waals surface area contributed by atoms with E-state index in [2.05, 4.69) is 0 Å². The van der Waals surface area contributed by atoms with Crippen LogP contribution in [0.15, 0.2) is 18.2 Å². The van der Waals surface area contributed by atoms with E-state index in [4.69, 9.17) is 17.3 Å². The van der Waals surface area contributed by atoms with Crippen molar-refractivity contribution in [1.29, 1.82) is 0 Å². The molecule has 64 valence electrons. The molecule has 0 aliphatic heterocycles. The molecule has 1 saturated carbocycles. The Morgan fingerprint density at radius 2 is 2.08 bits per heavy atom. The highest BCUT2D eigenvalue weighted by Gasteiger charge is 2.42. The summed E-state index contributed by atoms with van der Waals surface area (Å²) in [5.41, 5.74) is 6.41. The van der Waals surface area contributed by atoms with Gasteiger partial charge in [-0.2, -0.15) is 0 Å². The number of nitrogens with two attached hydrogens (primary N) is 1. The molecule has 0 bridgehead atoms. The van der Waals surface area contributed by atoms with Gasteiger partial charge in [0.1, 0.15) is 0 Å². The molecule has 1 aliphatic rings. The molecule has 2 nitrogen and oxygen atoms in total. The maximum atomic E-state index is 9.72. The maximum absolute atomic E-state index is 9.72. The molecule has 2 rings (SSSR count). The minimum Gasteiger partial charge on any atom is -0.398 e. The zero-order valence-corrected chi connectivity index (χ0v) is 7.30. The first-order valence-electron chi connectivity index (χ1n) is 3.90. The lowest BCUT2D eigenvalue weighted by Crippen LogP contribution is -2.04. The first-order chi connectivity index (χ1) is 5.62. The van der Waals surface area contributed by atoms with E-state index in [1.54, 1.807) is 12.1 Å². The normalized spacial score (nSPS) is 19.2. The van der Waals surface area contributed by atoms with Gasteiger partial charge in [0.25, 0.3) is 0 Å². The Kier molecular flexibility index (Phi) is 1.56. The fourth-order valence-corrected chi connectivity index (χ4v) is 1.36. The minimum atomic E-state index is -0.612. The number of hydrogen-bond acceptors (Lipinski definition) is 2. The highest BCUT2D eigenvalue weighted by molar-refractivity contribution is 6.33. The van der Waals surface area contributed by atoms with Crippen LogP contribution in [-0.2, 0) is 5.60 Å². The molecule has 0 radical (unpaired) electrons. The van der Waals surface area contributed by atoms with E-state index in [9.17, 15) is 5.11 Å². The average Bonchev–Trinajstić information content (AvgIpc) is 2.75. The van der Waals surface area contributed by atoms with Gasteiger partial charge in [0, 0.05) is 0 Å². The van der Waals surface area contributed by atoms with Crippen LogP contribution in [0.1, 0.15) is 18.4 Å². The molecule has 0 atom stereocenters. The monoisotopic (exact) mass is 183 g/mol. The van der Waals surface area contributed by atoms with Crippen LogP contribution in [0.2, 0.25) is 5.02 Å². The van der Waals surface area contributed by atoms with Crippen LogP contribution in [0.25, 0.3) is 0 Å². The molecular weight excluding hydrogens is 174 g/mol. The Labute approximate surface area is 76.0 Å². The first-order valence-corrected chi connectivity index (χ1v) is 4.27. The summed E-state index contributed by atoms with van der Waals surface area (Å²) in [5.74, 6) is 0. The Morgan fingerprint density at radius 1 is 1.42 bits per heavy atom. The van der Waals surface area contributed by atoms with Crippen molar-refractivity contribution in [3.63, 3.8) is 0 Å². The summed E-state index contributed by atoms with van der Waals surface area (Å²) in [6.07, 6.45) is 1.65. The second-order valence-electron chi connectivity index (χ2n) is 3.27. The van der Waals surface area contributed by atoms with Gasteiger partial charge in [0.15, 0.2) is 0 Å². The standard InChI is InChI=1S/C9H10ClNO/c10-7-2-1-6(5-8(7)11)9(12)3-4-9/h1-2,5,12H,3-4,11H2. The molecule has 0 heterocycles. The molecule has 1 fully saturated rings. The molecule has 1 aromatic carbocycles. The van der Waals surface area contributed by atoms with E-state index >= 15 is 0 Å². The lowest BCUT2D eigenvalue weighted by molar-refractivity contribution is 0.151. The van der Waals surface area contributed by atoms with Crippen molar-refractivity contribution in [3.05, 3.63) is 28.8 Å². The van der Waals surface area contributed by atoms with Gasteiger partial charge in [-0.25, -0.2) is 0 Å². The van der Waals surface area contributed by atoms with Crippen LogP contribution in [0.4, 0.5) is 5.69 Å². The lowest BCUT2D eigenvalue weighted by Gasteiger charge is -2.08. The Morgan fingerprint density at radius 3 is 2.58 bits per heavy atom. The van der Waals surface area contributed by atoms with E-state index in [0.29, 0.717) is 10.7 Å². The molecule has 1 aromatic rings. The molecule has 0 aromatic heterocycles. The van der Waals surface area contributed by atoms with Crippen LogP contribution in [0, 0.1) is 0 Å². The van der Waals surface area contributed by atoms with Crippen LogP contribution in [0.5, 0.6) is 0 Å². The summed E-state index contributed by atoms with van der Waals surface area (Å²) in [4.78, 5) is 0. The molecule has 0 unspecified atom stereocenters. The summed E-state index contributed by atoms with van der Waals surface area (Å²) in [5, 5.41) is 10.3. The van der Waals surface area contributed by atoms with E-state index in [-0.39, 0.29) is 0 Å². The highest BCUT2D eigenvalue weighted by atomic mass is 35.5. The van der Waals surface area contributed by atoms with Gasteiger partial charge in [-0.05, 0) is 30.5 Å². The quantitative estimate of drug-likeness (QED) is 0.654. The van der Waals surface area contributed by atoms with Gasteiger partial charge in [-0.15, -0.1) is 0 Å². The molecule has 0 amide bonds. The summed E-state index contributed by atoms with van der Waals surface area (Å²) in [6, 6.07) is 5.30. The van der Waals surface area contributed by atoms with E-state index in [0.717, 1.165) is 18.4 Å². The SMILES string of the molecule is Nc1cc(C2(O)CC2)ccc1Cl. The van der Waals surface area contributed by atoms with Gasteiger partial charge < -0.3 is 10.8 Å². The zero-order chi connectivity index (χ0) is 8.77. The van der Waals surface area contributed by atoms with Gasteiger partial charge in [-0.1, -0.05) is 17.7 Å². The van der Waals surface area contributed by atoms with E-state index in [1.807, 2.05) is 6.07 Å². The molecular formula is C9H10ClNO. The largest absolute Gasteiger partial charge is 0.398 e. The van der Waals surface area contributed by atoms with Crippen LogP contribution >= 0.6 is 11.6 Å². The number of hydrogen-bond donors (Lipinski definition) is 2. The van der Waals surface area contributed by atoms with Crippen LogP contribution < -0.4 is 5.73 Å². The number of anilines is 1. The molecule has 0 saturated heterocycles. The van der Waals surface area contributed by atoms with Gasteiger partial charge in [0.2, 0.25) is 0 Å². The maximum Gasteiger partial charge on any atom is 0.0899 e. The van der Waals surface area contributed by atoms with Gasteiger partial charge >= 0.3 is 0 Å². The minimum absolute atomic E-state index is 0.537. The van der Waals surface area contributed by atoms with E-state index < -0.39 is 5.60 Å². The molecule has 1 aliphatic carbocycles. The predicted molar refractivity (Wildman–Crippen MR) is 49.0 cm³/mol. The van der Waals surface area contributed by atoms with Crippen molar-refractivity contribution in [2.75, 3.05) is 5.73 Å². The van der Waals surface area contributed by atoms with Crippen molar-refractivity contribution in [1.82, 2.24) is 0 Å². The molecule has 12 heavy (non-hydrogen) atoms. The van der Waals surface area contributed by atoms with Crippen molar-refractivity contribution in [3.8, 4) is 0 Å². The number of nitrogen functional groups attached to an aromatic ring is 1. The Balaban J connectivity index is 2.41. The Bertz CT molecular complexity index is 320.